The lowest BCUT2D eigenvalue weighted by molar-refractivity contribution is 0.212. The predicted molar refractivity (Wildman–Crippen MR) is 122 cm³/mol. The van der Waals surface area contributed by atoms with Crippen molar-refractivity contribution < 1.29 is 0 Å². The molecule has 2 N–H and O–H groups in total. The van der Waals surface area contributed by atoms with Gasteiger partial charge < -0.3 is 10.2 Å². The van der Waals surface area contributed by atoms with Crippen molar-refractivity contribution in [1.82, 2.24) is 15.1 Å². The average Bonchev–Trinajstić information content (AvgIpc) is 2.81. The zero-order valence-electron chi connectivity index (χ0n) is 17.4. The maximum atomic E-state index is 12.8. The van der Waals surface area contributed by atoms with Crippen LogP contribution in [0.15, 0.2) is 71.7 Å². The van der Waals surface area contributed by atoms with Crippen LogP contribution in [0.2, 0.25) is 0 Å². The summed E-state index contributed by atoms with van der Waals surface area (Å²) < 4.78 is 0. The van der Waals surface area contributed by atoms with Crippen LogP contribution in [0.1, 0.15) is 30.5 Å². The molecule has 1 aliphatic rings. The van der Waals surface area contributed by atoms with E-state index in [4.69, 9.17) is 0 Å². The van der Waals surface area contributed by atoms with Gasteiger partial charge in [0.1, 0.15) is 5.69 Å². The molecule has 2 aromatic carbocycles. The average molecular weight is 404 g/mol. The highest BCUT2D eigenvalue weighted by atomic mass is 16.1. The van der Waals surface area contributed by atoms with Gasteiger partial charge in [-0.3, -0.25) is 14.8 Å². The second-order valence-electron chi connectivity index (χ2n) is 7.62. The number of hydrogen-bond acceptors (Lipinski definition) is 5. The molecule has 6 nitrogen and oxygen atoms in total. The number of piperazine rings is 1. The Labute approximate surface area is 177 Å². The third kappa shape index (κ3) is 4.39. The quantitative estimate of drug-likeness (QED) is 0.632. The molecule has 1 saturated heterocycles. The fraction of sp³-hybridized carbons (Fsp3) is 0.333. The van der Waals surface area contributed by atoms with Crippen molar-refractivity contribution in [2.24, 2.45) is 0 Å². The fourth-order valence-electron chi connectivity index (χ4n) is 4.10. The molecule has 0 atom stereocenters. The van der Waals surface area contributed by atoms with Crippen LogP contribution in [0.5, 0.6) is 0 Å². The summed E-state index contributed by atoms with van der Waals surface area (Å²) in [6, 6.07) is 21.5. The molecular formula is C24H29N5O. The van der Waals surface area contributed by atoms with Gasteiger partial charge in [0.2, 0.25) is 5.43 Å². The Balaban J connectivity index is 1.52. The van der Waals surface area contributed by atoms with Gasteiger partial charge in [-0.1, -0.05) is 67.6 Å². The van der Waals surface area contributed by atoms with Crippen LogP contribution in [0.4, 0.5) is 11.5 Å². The number of nitrogens with one attached hydrogen (secondary N) is 2. The Morgan fingerprint density at radius 2 is 1.57 bits per heavy atom. The van der Waals surface area contributed by atoms with E-state index in [0.717, 1.165) is 39.1 Å². The van der Waals surface area contributed by atoms with E-state index in [1.54, 1.807) is 6.20 Å². The first-order chi connectivity index (χ1) is 14.8. The summed E-state index contributed by atoms with van der Waals surface area (Å²) in [5.41, 5.74) is 3.26. The van der Waals surface area contributed by atoms with E-state index in [2.05, 4.69) is 92.9 Å². The lowest BCUT2D eigenvalue weighted by Crippen LogP contribution is -2.49. The molecule has 3 aromatic rings. The monoisotopic (exact) mass is 403 g/mol. The molecular weight excluding hydrogens is 374 g/mol. The molecule has 6 heteroatoms. The minimum Gasteiger partial charge on any atom is -0.365 e. The molecule has 4 rings (SSSR count). The lowest BCUT2D eigenvalue weighted by atomic mass is 9.96. The lowest BCUT2D eigenvalue weighted by Gasteiger charge is -2.40. The van der Waals surface area contributed by atoms with E-state index < -0.39 is 0 Å². The first-order valence-corrected chi connectivity index (χ1v) is 10.7. The third-order valence-corrected chi connectivity index (χ3v) is 5.62. The molecule has 2 heterocycles. The first-order valence-electron chi connectivity index (χ1n) is 10.7. The number of aromatic nitrogens is 2. The Morgan fingerprint density at radius 1 is 0.967 bits per heavy atom. The van der Waals surface area contributed by atoms with Gasteiger partial charge >= 0.3 is 0 Å². The number of H-pyrrole nitrogens is 1. The van der Waals surface area contributed by atoms with Crippen molar-refractivity contribution in [1.29, 1.82) is 0 Å². The Bertz CT molecular complexity index is 942. The van der Waals surface area contributed by atoms with Gasteiger partial charge in [-0.2, -0.15) is 5.10 Å². The van der Waals surface area contributed by atoms with Crippen molar-refractivity contribution in [2.45, 2.75) is 19.4 Å². The minimum atomic E-state index is -0.0293. The van der Waals surface area contributed by atoms with E-state index in [-0.39, 0.29) is 11.5 Å². The summed E-state index contributed by atoms with van der Waals surface area (Å²) in [5, 5.41) is 10.1. The van der Waals surface area contributed by atoms with E-state index in [0.29, 0.717) is 11.5 Å². The van der Waals surface area contributed by atoms with Crippen LogP contribution in [0.25, 0.3) is 0 Å². The zero-order chi connectivity index (χ0) is 20.8. The smallest absolute Gasteiger partial charge is 0.247 e. The maximum Gasteiger partial charge on any atom is 0.247 e. The second-order valence-corrected chi connectivity index (χ2v) is 7.62. The molecule has 0 aliphatic carbocycles. The molecule has 0 unspecified atom stereocenters. The number of hydrogen-bond donors (Lipinski definition) is 2. The van der Waals surface area contributed by atoms with Crippen LogP contribution in [-0.2, 0) is 0 Å². The number of nitrogens with zero attached hydrogens (tertiary/aromatic N) is 3. The van der Waals surface area contributed by atoms with Gasteiger partial charge in [-0.15, -0.1) is 0 Å². The van der Waals surface area contributed by atoms with Crippen molar-refractivity contribution in [3.8, 4) is 0 Å². The van der Waals surface area contributed by atoms with E-state index >= 15 is 0 Å². The summed E-state index contributed by atoms with van der Waals surface area (Å²) in [7, 11) is 0. The largest absolute Gasteiger partial charge is 0.365 e. The summed E-state index contributed by atoms with van der Waals surface area (Å²) >= 11 is 0. The van der Waals surface area contributed by atoms with Gasteiger partial charge in [-0.25, -0.2) is 0 Å². The van der Waals surface area contributed by atoms with E-state index in [1.165, 1.54) is 11.1 Å². The number of aromatic amines is 1. The Morgan fingerprint density at radius 3 is 2.13 bits per heavy atom. The second kappa shape index (κ2) is 9.59. The van der Waals surface area contributed by atoms with Crippen LogP contribution in [0, 0.1) is 0 Å². The number of benzene rings is 2. The molecule has 0 radical (unpaired) electrons. The fourth-order valence-corrected chi connectivity index (χ4v) is 4.10. The molecule has 1 fully saturated rings. The van der Waals surface area contributed by atoms with Gasteiger partial charge in [0, 0.05) is 38.9 Å². The van der Waals surface area contributed by atoms with Crippen molar-refractivity contribution in [2.75, 3.05) is 42.9 Å². The predicted octanol–water partition coefficient (Wildman–Crippen LogP) is 3.50. The molecule has 1 aliphatic heterocycles. The molecule has 0 saturated carbocycles. The summed E-state index contributed by atoms with van der Waals surface area (Å²) in [5.74, 6) is 0.406. The first kappa shape index (κ1) is 20.2. The van der Waals surface area contributed by atoms with Gasteiger partial charge in [0.05, 0.1) is 6.04 Å². The number of anilines is 2. The summed E-state index contributed by atoms with van der Waals surface area (Å²) in [6.07, 6.45) is 2.67. The molecule has 0 spiro atoms. The maximum absolute atomic E-state index is 12.8. The van der Waals surface area contributed by atoms with E-state index in [1.807, 2.05) is 0 Å². The summed E-state index contributed by atoms with van der Waals surface area (Å²) in [4.78, 5) is 17.5. The minimum absolute atomic E-state index is 0.0293. The molecule has 0 bridgehead atoms. The van der Waals surface area contributed by atoms with Crippen LogP contribution < -0.4 is 15.6 Å². The molecule has 1 aromatic heterocycles. The normalized spacial score (nSPS) is 14.8. The third-order valence-electron chi connectivity index (χ3n) is 5.62. The number of rotatable bonds is 7. The van der Waals surface area contributed by atoms with E-state index in [9.17, 15) is 4.79 Å². The standard InChI is InChI=1S/C24H29N5O/c1-2-13-25-24-23(30)21(18-26-27-24)28-14-16-29(17-15-28)22(19-9-5-3-6-10-19)20-11-7-4-8-12-20/h3-12,18,22H,2,13-17H2,1H3,(H,25,27)(H,26,30). The van der Waals surface area contributed by atoms with Crippen LogP contribution in [-0.4, -0.2) is 47.8 Å². The van der Waals surface area contributed by atoms with Crippen LogP contribution >= 0.6 is 0 Å². The van der Waals surface area contributed by atoms with Crippen molar-refractivity contribution in [3.05, 3.63) is 88.2 Å². The van der Waals surface area contributed by atoms with Gasteiger partial charge in [-0.05, 0) is 17.5 Å². The molecule has 0 amide bonds. The molecule has 156 valence electrons. The molecule has 30 heavy (non-hydrogen) atoms. The zero-order valence-corrected chi connectivity index (χ0v) is 17.4. The Kier molecular flexibility index (Phi) is 6.44. The van der Waals surface area contributed by atoms with Crippen LogP contribution in [0.3, 0.4) is 0 Å². The van der Waals surface area contributed by atoms with Crippen molar-refractivity contribution >= 4 is 11.5 Å². The topological polar surface area (TPSA) is 64.3 Å². The Hall–Kier alpha value is -3.12. The van der Waals surface area contributed by atoms with Crippen molar-refractivity contribution in [3.63, 3.8) is 0 Å². The van der Waals surface area contributed by atoms with Gasteiger partial charge in [0.15, 0.2) is 5.82 Å². The summed E-state index contributed by atoms with van der Waals surface area (Å²) in [6.45, 7) is 6.18. The highest BCUT2D eigenvalue weighted by molar-refractivity contribution is 5.52. The highest BCUT2D eigenvalue weighted by Gasteiger charge is 2.27. The SMILES string of the molecule is CCCNc1n[nH]cc(N2CCN(C(c3ccccc3)c3ccccc3)CC2)c1=O. The highest BCUT2D eigenvalue weighted by Crippen LogP contribution is 2.29. The van der Waals surface area contributed by atoms with Gasteiger partial charge in [0.25, 0.3) is 0 Å².